The lowest BCUT2D eigenvalue weighted by atomic mass is 9.70. The molecule has 4 fully saturated rings. The van der Waals surface area contributed by atoms with E-state index in [-0.39, 0.29) is 80.8 Å². The molecule has 6 atom stereocenters. The van der Waals surface area contributed by atoms with E-state index in [0.717, 1.165) is 19.3 Å². The third kappa shape index (κ3) is 10.5. The molecular formula is C43H64N6O8. The number of ketones is 1. The molecular weight excluding hydrogens is 729 g/mol. The highest BCUT2D eigenvalue weighted by molar-refractivity contribution is 6.38. The van der Waals surface area contributed by atoms with Gasteiger partial charge in [-0.1, -0.05) is 80.7 Å². The molecule has 0 bridgehead atoms. The Morgan fingerprint density at radius 2 is 1.58 bits per heavy atom. The van der Waals surface area contributed by atoms with Gasteiger partial charge in [0, 0.05) is 45.3 Å². The molecule has 0 aromatic heterocycles. The number of hydrogen-bond acceptors (Lipinski definition) is 8. The normalized spacial score (nSPS) is 24.8. The number of fused-ring (bicyclic) bond motifs is 1. The highest BCUT2D eigenvalue weighted by atomic mass is 16.2. The predicted octanol–water partition coefficient (Wildman–Crippen LogP) is 3.63. The minimum absolute atomic E-state index is 0.0118. The second-order valence-corrected chi connectivity index (χ2v) is 19.4. The van der Waals surface area contributed by atoms with Crippen molar-refractivity contribution in [3.63, 3.8) is 0 Å². The number of likely N-dealkylation sites (tertiary alicyclic amines) is 2. The zero-order chi connectivity index (χ0) is 42.7. The number of terminal acetylenes is 1. The number of piperidine rings is 2. The summed E-state index contributed by atoms with van der Waals surface area (Å²) in [4.78, 5) is 111. The van der Waals surface area contributed by atoms with E-state index >= 15 is 0 Å². The molecule has 0 spiro atoms. The van der Waals surface area contributed by atoms with E-state index in [0.29, 0.717) is 12.8 Å². The molecule has 8 amide bonds. The van der Waals surface area contributed by atoms with Crippen LogP contribution in [0.25, 0.3) is 0 Å². The van der Waals surface area contributed by atoms with Crippen molar-refractivity contribution in [2.75, 3.05) is 19.6 Å². The second kappa shape index (κ2) is 17.5. The van der Waals surface area contributed by atoms with Crippen LogP contribution < -0.4 is 21.3 Å². The SMILES string of the molecule is C#CCCC(NC(=O)[C@@H]1[C@@H]2[C@H](CN1C(=O)[C@@H](NC(=O)NC(=O)C[C@H](CN1C(=O)CC(C)(C)CC1=O)C(C)(C)C)C1(C)CCCCC1)C2(C)C)C(=O)C(=O)NCC=C. The summed E-state index contributed by atoms with van der Waals surface area (Å²) in [7, 11) is 0. The minimum Gasteiger partial charge on any atom is -0.346 e. The standard InChI is InChI=1S/C43H64N6O8/c1-11-13-17-28(34(53)37(55)44-20-12-2)45-36(54)33-32-27(42(32,8)9)25-49(33)38(56)35(43(10)18-15-14-16-19-43)47-39(57)46-29(50)21-26(40(3,4)5)24-48-30(51)22-41(6,7)23-31(48)52/h1,12,26-28,32-33,35H,2,13-25H2,3-10H3,(H,44,55)(H,45,54)(H2,46,47,50,57)/t26-,27+,28?,32+,33+,35-/m1/s1. The molecule has 4 N–H and O–H groups in total. The highest BCUT2D eigenvalue weighted by Gasteiger charge is 2.70. The Labute approximate surface area is 337 Å². The van der Waals surface area contributed by atoms with Crippen LogP contribution in [0, 0.1) is 51.8 Å². The molecule has 14 heteroatoms. The molecule has 14 nitrogen and oxygen atoms in total. The lowest BCUT2D eigenvalue weighted by Gasteiger charge is -2.43. The third-order valence-corrected chi connectivity index (χ3v) is 13.0. The Kier molecular flexibility index (Phi) is 13.9. The number of Topliss-reactive ketones (excluding diaryl/α,β-unsaturated/α-hetero) is 1. The van der Waals surface area contributed by atoms with Crippen LogP contribution in [0.1, 0.15) is 120 Å². The van der Waals surface area contributed by atoms with Crippen LogP contribution in [0.3, 0.4) is 0 Å². The summed E-state index contributed by atoms with van der Waals surface area (Å²) >= 11 is 0. The van der Waals surface area contributed by atoms with Gasteiger partial charge < -0.3 is 20.9 Å². The number of nitrogens with one attached hydrogen (secondary N) is 4. The first-order valence-electron chi connectivity index (χ1n) is 20.4. The molecule has 4 rings (SSSR count). The highest BCUT2D eigenvalue weighted by Crippen LogP contribution is 2.65. The number of amides is 8. The Hall–Kier alpha value is -4.54. The van der Waals surface area contributed by atoms with Crippen molar-refractivity contribution in [3.8, 4) is 12.3 Å². The zero-order valence-corrected chi connectivity index (χ0v) is 35.2. The predicted molar refractivity (Wildman–Crippen MR) is 213 cm³/mol. The van der Waals surface area contributed by atoms with E-state index < -0.39 is 75.7 Å². The zero-order valence-electron chi connectivity index (χ0n) is 35.2. The van der Waals surface area contributed by atoms with Gasteiger partial charge in [-0.2, -0.15) is 0 Å². The Balaban J connectivity index is 1.54. The maximum Gasteiger partial charge on any atom is 0.322 e. The lowest BCUT2D eigenvalue weighted by Crippen LogP contribution is -2.62. The van der Waals surface area contributed by atoms with Crippen LogP contribution in [0.15, 0.2) is 12.7 Å². The van der Waals surface area contributed by atoms with Crippen molar-refractivity contribution in [1.82, 2.24) is 31.1 Å². The molecule has 2 heterocycles. The van der Waals surface area contributed by atoms with Gasteiger partial charge in [0.1, 0.15) is 12.1 Å². The fraction of sp³-hybridized carbons (Fsp3) is 0.721. The molecule has 0 aromatic carbocycles. The van der Waals surface area contributed by atoms with Gasteiger partial charge in [0.2, 0.25) is 35.3 Å². The molecule has 0 radical (unpaired) electrons. The maximum absolute atomic E-state index is 14.8. The van der Waals surface area contributed by atoms with Gasteiger partial charge >= 0.3 is 6.03 Å². The number of carbonyl (C=O) groups excluding carboxylic acids is 8. The maximum atomic E-state index is 14.8. The topological polar surface area (TPSA) is 191 Å². The molecule has 2 aliphatic carbocycles. The van der Waals surface area contributed by atoms with Gasteiger partial charge in [0.05, 0.1) is 6.04 Å². The van der Waals surface area contributed by atoms with Crippen LogP contribution in [0.2, 0.25) is 0 Å². The number of nitrogens with zero attached hydrogens (tertiary/aromatic N) is 2. The van der Waals surface area contributed by atoms with E-state index in [1.807, 2.05) is 55.4 Å². The van der Waals surface area contributed by atoms with Crippen LogP contribution in [0.5, 0.6) is 0 Å². The van der Waals surface area contributed by atoms with Crippen molar-refractivity contribution in [3.05, 3.63) is 12.7 Å². The number of rotatable bonds is 15. The third-order valence-electron chi connectivity index (χ3n) is 13.0. The van der Waals surface area contributed by atoms with Crippen LogP contribution in [-0.4, -0.2) is 94.8 Å². The molecule has 314 valence electrons. The summed E-state index contributed by atoms with van der Waals surface area (Å²) in [5.74, 6) is -2.23. The second-order valence-electron chi connectivity index (χ2n) is 19.4. The number of urea groups is 1. The van der Waals surface area contributed by atoms with Gasteiger partial charge in [0.25, 0.3) is 5.91 Å². The average Bonchev–Trinajstić information content (AvgIpc) is 3.40. The average molecular weight is 793 g/mol. The van der Waals surface area contributed by atoms with Crippen LogP contribution in [-0.2, 0) is 33.6 Å². The lowest BCUT2D eigenvalue weighted by molar-refractivity contribution is -0.154. The van der Waals surface area contributed by atoms with Gasteiger partial charge in [0.15, 0.2) is 0 Å². The summed E-state index contributed by atoms with van der Waals surface area (Å²) in [6.45, 7) is 19.3. The summed E-state index contributed by atoms with van der Waals surface area (Å²) in [5.41, 5.74) is -1.91. The summed E-state index contributed by atoms with van der Waals surface area (Å²) < 4.78 is 0. The quantitative estimate of drug-likeness (QED) is 0.0837. The van der Waals surface area contributed by atoms with Crippen molar-refractivity contribution in [2.24, 2.45) is 39.4 Å². The molecule has 2 saturated heterocycles. The van der Waals surface area contributed by atoms with Gasteiger partial charge in [-0.3, -0.25) is 43.8 Å². The van der Waals surface area contributed by atoms with Crippen molar-refractivity contribution < 1.29 is 38.4 Å². The fourth-order valence-electron chi connectivity index (χ4n) is 9.17. The first kappa shape index (κ1) is 45.2. The first-order valence-corrected chi connectivity index (χ1v) is 20.4. The summed E-state index contributed by atoms with van der Waals surface area (Å²) in [6.07, 6.45) is 11.2. The van der Waals surface area contributed by atoms with Crippen LogP contribution in [0.4, 0.5) is 4.79 Å². The fourth-order valence-corrected chi connectivity index (χ4v) is 9.17. The van der Waals surface area contributed by atoms with Gasteiger partial charge in [-0.05, 0) is 58.7 Å². The Morgan fingerprint density at radius 1 is 0.965 bits per heavy atom. The van der Waals surface area contributed by atoms with Crippen molar-refractivity contribution in [1.29, 1.82) is 0 Å². The summed E-state index contributed by atoms with van der Waals surface area (Å²) in [6, 6.07) is -4.14. The molecule has 4 aliphatic rings. The van der Waals surface area contributed by atoms with Gasteiger partial charge in [-0.15, -0.1) is 18.9 Å². The Morgan fingerprint density at radius 3 is 2.14 bits per heavy atom. The molecule has 2 saturated carbocycles. The van der Waals surface area contributed by atoms with Crippen molar-refractivity contribution >= 4 is 47.3 Å². The molecule has 0 aromatic rings. The minimum atomic E-state index is -1.22. The van der Waals surface area contributed by atoms with Crippen molar-refractivity contribution in [2.45, 2.75) is 138 Å². The number of imide groups is 2. The van der Waals surface area contributed by atoms with Gasteiger partial charge in [-0.25, -0.2) is 4.79 Å². The first-order chi connectivity index (χ1) is 26.5. The monoisotopic (exact) mass is 792 g/mol. The van der Waals surface area contributed by atoms with E-state index in [4.69, 9.17) is 6.42 Å². The smallest absolute Gasteiger partial charge is 0.322 e. The van der Waals surface area contributed by atoms with E-state index in [1.165, 1.54) is 15.9 Å². The summed E-state index contributed by atoms with van der Waals surface area (Å²) in [5, 5.41) is 10.4. The van der Waals surface area contributed by atoms with Crippen LogP contribution >= 0.6 is 0 Å². The largest absolute Gasteiger partial charge is 0.346 e. The Bertz CT molecular complexity index is 1660. The molecule has 1 unspecified atom stereocenters. The molecule has 57 heavy (non-hydrogen) atoms. The van der Waals surface area contributed by atoms with E-state index in [2.05, 4.69) is 33.8 Å². The van der Waals surface area contributed by atoms with E-state index in [1.54, 1.807) is 0 Å². The molecule has 2 aliphatic heterocycles. The van der Waals surface area contributed by atoms with E-state index in [9.17, 15) is 38.4 Å². The number of hydrogen-bond donors (Lipinski definition) is 4. The number of carbonyl (C=O) groups is 8.